The standard InChI is InChI=1S/C18H21N3/c1-5-15-6-8-16(9-7-15)14(4)21-18-17(11-19)12(2)10-13(3)20-18/h6-10,14H,5H2,1-4H3,(H,20,21). The summed E-state index contributed by atoms with van der Waals surface area (Å²) in [4.78, 5) is 4.47. The van der Waals surface area contributed by atoms with Crippen LogP contribution in [0.3, 0.4) is 0 Å². The van der Waals surface area contributed by atoms with Crippen LogP contribution in [0, 0.1) is 25.2 Å². The summed E-state index contributed by atoms with van der Waals surface area (Å²) in [7, 11) is 0. The van der Waals surface area contributed by atoms with Crippen molar-refractivity contribution in [3.8, 4) is 6.07 Å². The summed E-state index contributed by atoms with van der Waals surface area (Å²) in [6, 6.07) is 12.8. The van der Waals surface area contributed by atoms with E-state index >= 15 is 0 Å². The number of hydrogen-bond donors (Lipinski definition) is 1. The minimum absolute atomic E-state index is 0.108. The van der Waals surface area contributed by atoms with Crippen molar-refractivity contribution in [2.24, 2.45) is 0 Å². The van der Waals surface area contributed by atoms with E-state index in [-0.39, 0.29) is 6.04 Å². The van der Waals surface area contributed by atoms with E-state index in [1.807, 2.05) is 19.9 Å². The Kier molecular flexibility index (Phi) is 4.59. The number of hydrogen-bond acceptors (Lipinski definition) is 3. The Labute approximate surface area is 126 Å². The fourth-order valence-corrected chi connectivity index (χ4v) is 2.41. The molecule has 1 aromatic heterocycles. The molecule has 1 atom stereocenters. The van der Waals surface area contributed by atoms with Gasteiger partial charge in [0, 0.05) is 11.7 Å². The topological polar surface area (TPSA) is 48.7 Å². The lowest BCUT2D eigenvalue weighted by Gasteiger charge is -2.17. The van der Waals surface area contributed by atoms with Crippen LogP contribution in [0.15, 0.2) is 30.3 Å². The molecular weight excluding hydrogens is 258 g/mol. The van der Waals surface area contributed by atoms with Crippen LogP contribution in [0.1, 0.15) is 47.8 Å². The maximum absolute atomic E-state index is 9.31. The van der Waals surface area contributed by atoms with E-state index in [1.54, 1.807) is 0 Å². The summed E-state index contributed by atoms with van der Waals surface area (Å²) >= 11 is 0. The van der Waals surface area contributed by atoms with E-state index in [1.165, 1.54) is 11.1 Å². The minimum atomic E-state index is 0.108. The van der Waals surface area contributed by atoms with Crippen molar-refractivity contribution in [1.82, 2.24) is 4.98 Å². The Bertz CT molecular complexity index is 666. The van der Waals surface area contributed by atoms with Gasteiger partial charge in [-0.1, -0.05) is 31.2 Å². The molecule has 1 heterocycles. The normalized spacial score (nSPS) is 11.8. The van der Waals surface area contributed by atoms with Gasteiger partial charge in [-0.2, -0.15) is 5.26 Å². The van der Waals surface area contributed by atoms with Gasteiger partial charge in [0.2, 0.25) is 0 Å². The van der Waals surface area contributed by atoms with Crippen LogP contribution in [0.2, 0.25) is 0 Å². The first-order chi connectivity index (χ1) is 10.0. The molecule has 1 aromatic carbocycles. The number of nitriles is 1. The van der Waals surface area contributed by atoms with Gasteiger partial charge >= 0.3 is 0 Å². The summed E-state index contributed by atoms with van der Waals surface area (Å²) in [5, 5.41) is 12.7. The molecular formula is C18H21N3. The van der Waals surface area contributed by atoms with Gasteiger partial charge in [-0.25, -0.2) is 4.98 Å². The van der Waals surface area contributed by atoms with E-state index in [4.69, 9.17) is 0 Å². The van der Waals surface area contributed by atoms with Gasteiger partial charge in [-0.3, -0.25) is 0 Å². The van der Waals surface area contributed by atoms with E-state index in [0.29, 0.717) is 11.4 Å². The maximum Gasteiger partial charge on any atom is 0.144 e. The molecule has 0 aliphatic heterocycles. The lowest BCUT2D eigenvalue weighted by Crippen LogP contribution is -2.10. The van der Waals surface area contributed by atoms with E-state index < -0.39 is 0 Å². The van der Waals surface area contributed by atoms with E-state index in [2.05, 4.69) is 54.5 Å². The Morgan fingerprint density at radius 3 is 2.48 bits per heavy atom. The summed E-state index contributed by atoms with van der Waals surface area (Å²) in [6.45, 7) is 8.12. The monoisotopic (exact) mass is 279 g/mol. The number of pyridine rings is 1. The van der Waals surface area contributed by atoms with Gasteiger partial charge in [0.25, 0.3) is 0 Å². The first kappa shape index (κ1) is 15.1. The molecule has 108 valence electrons. The number of anilines is 1. The third-order valence-electron chi connectivity index (χ3n) is 3.70. The molecule has 0 fully saturated rings. The Morgan fingerprint density at radius 2 is 1.90 bits per heavy atom. The molecule has 3 nitrogen and oxygen atoms in total. The summed E-state index contributed by atoms with van der Waals surface area (Å²) in [5.41, 5.74) is 5.02. The van der Waals surface area contributed by atoms with Crippen LogP contribution in [-0.2, 0) is 6.42 Å². The first-order valence-electron chi connectivity index (χ1n) is 7.28. The Hall–Kier alpha value is -2.34. The van der Waals surface area contributed by atoms with Crippen LogP contribution in [-0.4, -0.2) is 4.98 Å². The fourth-order valence-electron chi connectivity index (χ4n) is 2.41. The van der Waals surface area contributed by atoms with Crippen molar-refractivity contribution in [2.75, 3.05) is 5.32 Å². The highest BCUT2D eigenvalue weighted by Crippen LogP contribution is 2.23. The smallest absolute Gasteiger partial charge is 0.144 e. The van der Waals surface area contributed by atoms with Crippen LogP contribution in [0.4, 0.5) is 5.82 Å². The third kappa shape index (κ3) is 3.41. The molecule has 3 heteroatoms. The molecule has 1 unspecified atom stereocenters. The second-order valence-corrected chi connectivity index (χ2v) is 5.38. The maximum atomic E-state index is 9.31. The number of aryl methyl sites for hydroxylation is 3. The lowest BCUT2D eigenvalue weighted by molar-refractivity contribution is 0.868. The first-order valence-corrected chi connectivity index (χ1v) is 7.28. The lowest BCUT2D eigenvalue weighted by atomic mass is 10.0. The molecule has 0 aliphatic rings. The average molecular weight is 279 g/mol. The molecule has 0 aliphatic carbocycles. The highest BCUT2D eigenvalue weighted by atomic mass is 15.0. The molecule has 0 bridgehead atoms. The zero-order valence-corrected chi connectivity index (χ0v) is 13.1. The quantitative estimate of drug-likeness (QED) is 0.907. The molecule has 0 amide bonds. The van der Waals surface area contributed by atoms with Gasteiger partial charge in [0.05, 0.1) is 5.56 Å². The third-order valence-corrected chi connectivity index (χ3v) is 3.70. The van der Waals surface area contributed by atoms with Gasteiger partial charge < -0.3 is 5.32 Å². The minimum Gasteiger partial charge on any atom is -0.362 e. The van der Waals surface area contributed by atoms with Gasteiger partial charge in [0.1, 0.15) is 11.9 Å². The molecule has 2 aromatic rings. The number of nitrogens with zero attached hydrogens (tertiary/aromatic N) is 2. The second kappa shape index (κ2) is 6.41. The zero-order chi connectivity index (χ0) is 15.4. The number of benzene rings is 1. The molecule has 0 saturated carbocycles. The van der Waals surface area contributed by atoms with Gasteiger partial charge in [-0.15, -0.1) is 0 Å². The van der Waals surface area contributed by atoms with Crippen molar-refractivity contribution in [2.45, 2.75) is 40.2 Å². The SMILES string of the molecule is CCc1ccc(C(C)Nc2nc(C)cc(C)c2C#N)cc1. The Balaban J connectivity index is 2.26. The molecule has 1 N–H and O–H groups in total. The van der Waals surface area contributed by atoms with E-state index in [0.717, 1.165) is 17.7 Å². The predicted molar refractivity (Wildman–Crippen MR) is 86.3 cm³/mol. The van der Waals surface area contributed by atoms with Crippen molar-refractivity contribution < 1.29 is 0 Å². The summed E-state index contributed by atoms with van der Waals surface area (Å²) in [6.07, 6.45) is 1.04. The zero-order valence-electron chi connectivity index (χ0n) is 13.1. The molecule has 0 radical (unpaired) electrons. The molecule has 21 heavy (non-hydrogen) atoms. The summed E-state index contributed by atoms with van der Waals surface area (Å²) in [5.74, 6) is 0.669. The van der Waals surface area contributed by atoms with Crippen LogP contribution >= 0.6 is 0 Å². The fraction of sp³-hybridized carbons (Fsp3) is 0.333. The van der Waals surface area contributed by atoms with Gasteiger partial charge in [-0.05, 0) is 49.9 Å². The van der Waals surface area contributed by atoms with Crippen LogP contribution in [0.25, 0.3) is 0 Å². The predicted octanol–water partition coefficient (Wildman–Crippen LogP) is 4.31. The number of nitrogens with one attached hydrogen (secondary N) is 1. The number of aromatic nitrogens is 1. The molecule has 0 spiro atoms. The van der Waals surface area contributed by atoms with Crippen molar-refractivity contribution in [1.29, 1.82) is 5.26 Å². The van der Waals surface area contributed by atoms with Crippen LogP contribution < -0.4 is 5.32 Å². The molecule has 0 saturated heterocycles. The van der Waals surface area contributed by atoms with Crippen LogP contribution in [0.5, 0.6) is 0 Å². The summed E-state index contributed by atoms with van der Waals surface area (Å²) < 4.78 is 0. The largest absolute Gasteiger partial charge is 0.362 e. The second-order valence-electron chi connectivity index (χ2n) is 5.38. The van der Waals surface area contributed by atoms with Gasteiger partial charge in [0.15, 0.2) is 0 Å². The van der Waals surface area contributed by atoms with Crippen molar-refractivity contribution in [3.05, 3.63) is 58.3 Å². The number of rotatable bonds is 4. The molecule has 2 rings (SSSR count). The van der Waals surface area contributed by atoms with Crippen molar-refractivity contribution in [3.63, 3.8) is 0 Å². The van der Waals surface area contributed by atoms with E-state index in [9.17, 15) is 5.26 Å². The highest BCUT2D eigenvalue weighted by molar-refractivity contribution is 5.57. The highest BCUT2D eigenvalue weighted by Gasteiger charge is 2.12. The average Bonchev–Trinajstić information content (AvgIpc) is 2.47. The Morgan fingerprint density at radius 1 is 1.24 bits per heavy atom. The van der Waals surface area contributed by atoms with Crippen molar-refractivity contribution >= 4 is 5.82 Å².